The number of halogens is 3. The highest BCUT2D eigenvalue weighted by Crippen LogP contribution is 2.44. The molecule has 1 aliphatic carbocycles. The molecule has 0 saturated heterocycles. The van der Waals surface area contributed by atoms with Crippen LogP contribution in [0.2, 0.25) is 5.02 Å². The molecule has 0 aliphatic heterocycles. The summed E-state index contributed by atoms with van der Waals surface area (Å²) < 4.78 is 29.1. The first-order chi connectivity index (χ1) is 15.9. The third-order valence-corrected chi connectivity index (χ3v) is 6.45. The zero-order valence-corrected chi connectivity index (χ0v) is 18.1. The molecule has 3 N–H and O–H groups in total. The van der Waals surface area contributed by atoms with Gasteiger partial charge in [-0.3, -0.25) is 10.4 Å². The van der Waals surface area contributed by atoms with Gasteiger partial charge in [0.2, 0.25) is 0 Å². The van der Waals surface area contributed by atoms with Crippen LogP contribution >= 0.6 is 11.6 Å². The van der Waals surface area contributed by atoms with Crippen molar-refractivity contribution in [3.05, 3.63) is 41.4 Å². The quantitative estimate of drug-likeness (QED) is 0.401. The Kier molecular flexibility index (Phi) is 5.29. The van der Waals surface area contributed by atoms with E-state index >= 15 is 4.39 Å². The number of H-pyrrole nitrogens is 1. The first kappa shape index (κ1) is 21.4. The van der Waals surface area contributed by atoms with Gasteiger partial charge in [-0.25, -0.2) is 18.6 Å². The molecule has 0 spiro atoms. The van der Waals surface area contributed by atoms with Crippen molar-refractivity contribution < 1.29 is 23.8 Å². The third kappa shape index (κ3) is 3.62. The lowest BCUT2D eigenvalue weighted by atomic mass is 10.00. The Hall–Kier alpha value is -3.44. The molecule has 172 valence electrons. The van der Waals surface area contributed by atoms with E-state index in [9.17, 15) is 14.4 Å². The van der Waals surface area contributed by atoms with Gasteiger partial charge in [0.1, 0.15) is 5.69 Å². The lowest BCUT2D eigenvalue weighted by molar-refractivity contribution is -0.0544. The lowest BCUT2D eigenvalue weighted by Crippen LogP contribution is -2.30. The Morgan fingerprint density at radius 2 is 2.24 bits per heavy atom. The van der Waals surface area contributed by atoms with Crippen molar-refractivity contribution in [1.29, 1.82) is 0 Å². The second-order valence-corrected chi connectivity index (χ2v) is 8.42. The fourth-order valence-corrected chi connectivity index (χ4v) is 4.82. The average Bonchev–Trinajstić information content (AvgIpc) is 3.53. The lowest BCUT2D eigenvalue weighted by Gasteiger charge is -2.28. The number of carbonyl (C=O) groups excluding carboxylic acids is 1. The maximum atomic E-state index is 15.7. The molecule has 1 amide bonds. The van der Waals surface area contributed by atoms with Crippen LogP contribution in [0.4, 0.5) is 25.2 Å². The molecule has 3 aromatic heterocycles. The largest absolute Gasteiger partial charge is 0.450 e. The topological polar surface area (TPSA) is 108 Å². The van der Waals surface area contributed by atoms with Crippen LogP contribution in [-0.2, 0) is 4.94 Å². The van der Waals surface area contributed by atoms with Crippen LogP contribution in [-0.4, -0.2) is 50.2 Å². The number of pyridine rings is 1. The minimum absolute atomic E-state index is 0.0204. The molecular formula is C21H19ClF2N6O3. The van der Waals surface area contributed by atoms with E-state index in [1.54, 1.807) is 31.6 Å². The van der Waals surface area contributed by atoms with Gasteiger partial charge in [0.15, 0.2) is 11.6 Å². The van der Waals surface area contributed by atoms with E-state index < -0.39 is 18.0 Å². The van der Waals surface area contributed by atoms with Gasteiger partial charge in [-0.2, -0.15) is 5.10 Å². The predicted octanol–water partition coefficient (Wildman–Crippen LogP) is 4.45. The minimum atomic E-state index is -1.29. The molecule has 0 bridgehead atoms. The summed E-state index contributed by atoms with van der Waals surface area (Å²) >= 11 is 6.56. The van der Waals surface area contributed by atoms with Crippen molar-refractivity contribution in [2.45, 2.75) is 31.4 Å². The van der Waals surface area contributed by atoms with E-state index in [1.807, 2.05) is 4.90 Å². The zero-order valence-electron chi connectivity index (χ0n) is 17.3. The number of aromatic amines is 1. The van der Waals surface area contributed by atoms with Crippen LogP contribution in [0.15, 0.2) is 30.6 Å². The Morgan fingerprint density at radius 3 is 2.97 bits per heavy atom. The molecule has 2 unspecified atom stereocenters. The fourth-order valence-electron chi connectivity index (χ4n) is 4.52. The summed E-state index contributed by atoms with van der Waals surface area (Å²) in [7, 11) is 1.78. The SMILES string of the molecule is CN(c1c(F)c(Cl)c(-c2ccn3nc(NC(=O)OF)cc3c2)c2cn[nH]c12)C1CCC(O)C1. The molecule has 3 heterocycles. The predicted molar refractivity (Wildman–Crippen MR) is 119 cm³/mol. The Bertz CT molecular complexity index is 1370. The van der Waals surface area contributed by atoms with E-state index in [4.69, 9.17) is 11.6 Å². The molecule has 12 heteroatoms. The molecule has 0 radical (unpaired) electrons. The molecule has 1 saturated carbocycles. The number of anilines is 2. The summed E-state index contributed by atoms with van der Waals surface area (Å²) in [6.45, 7) is 0. The molecule has 1 aliphatic rings. The van der Waals surface area contributed by atoms with Gasteiger partial charge in [-0.15, -0.1) is 5.10 Å². The molecule has 1 aromatic carbocycles. The van der Waals surface area contributed by atoms with Gasteiger partial charge >= 0.3 is 6.09 Å². The monoisotopic (exact) mass is 476 g/mol. The molecule has 2 atom stereocenters. The van der Waals surface area contributed by atoms with Crippen LogP contribution in [0.25, 0.3) is 27.5 Å². The molecular weight excluding hydrogens is 458 g/mol. The van der Waals surface area contributed by atoms with E-state index in [2.05, 4.69) is 25.6 Å². The number of aliphatic hydroxyl groups excluding tert-OH is 1. The van der Waals surface area contributed by atoms with Crippen molar-refractivity contribution in [2.24, 2.45) is 0 Å². The highest BCUT2D eigenvalue weighted by molar-refractivity contribution is 6.36. The van der Waals surface area contributed by atoms with Crippen LogP contribution in [0, 0.1) is 5.82 Å². The van der Waals surface area contributed by atoms with E-state index in [0.717, 1.165) is 6.42 Å². The number of nitrogens with one attached hydrogen (secondary N) is 2. The first-order valence-corrected chi connectivity index (χ1v) is 10.6. The van der Waals surface area contributed by atoms with Gasteiger partial charge < -0.3 is 10.0 Å². The van der Waals surface area contributed by atoms with Crippen molar-refractivity contribution in [3.8, 4) is 11.1 Å². The first-order valence-electron chi connectivity index (χ1n) is 10.2. The third-order valence-electron chi connectivity index (χ3n) is 6.10. The summed E-state index contributed by atoms with van der Waals surface area (Å²) in [6, 6.07) is 4.89. The van der Waals surface area contributed by atoms with Gasteiger partial charge in [0.05, 0.1) is 28.4 Å². The summed E-state index contributed by atoms with van der Waals surface area (Å²) in [4.78, 5) is 16.0. The average molecular weight is 477 g/mol. The van der Waals surface area contributed by atoms with Gasteiger partial charge in [0.25, 0.3) is 0 Å². The number of rotatable bonds is 4. The van der Waals surface area contributed by atoms with E-state index in [0.29, 0.717) is 46.1 Å². The zero-order chi connectivity index (χ0) is 23.3. The second-order valence-electron chi connectivity index (χ2n) is 8.05. The number of hydrogen-bond donors (Lipinski definition) is 3. The summed E-state index contributed by atoms with van der Waals surface area (Å²) in [5.74, 6) is -0.509. The van der Waals surface area contributed by atoms with Gasteiger partial charge in [-0.1, -0.05) is 11.6 Å². The normalized spacial score (nSPS) is 18.2. The smallest absolute Gasteiger partial charge is 0.393 e. The maximum absolute atomic E-state index is 15.7. The fraction of sp³-hybridized carbons (Fsp3) is 0.286. The Balaban J connectivity index is 1.60. The van der Waals surface area contributed by atoms with Crippen molar-refractivity contribution in [3.63, 3.8) is 0 Å². The highest BCUT2D eigenvalue weighted by atomic mass is 35.5. The number of aromatic nitrogens is 4. The van der Waals surface area contributed by atoms with Crippen molar-refractivity contribution >= 4 is 45.6 Å². The molecule has 4 aromatic rings. The molecule has 9 nitrogen and oxygen atoms in total. The molecule has 5 rings (SSSR count). The van der Waals surface area contributed by atoms with Crippen molar-refractivity contribution in [1.82, 2.24) is 19.8 Å². The van der Waals surface area contributed by atoms with Crippen LogP contribution < -0.4 is 10.2 Å². The summed E-state index contributed by atoms with van der Waals surface area (Å²) in [5.41, 5.74) is 2.40. The number of nitrogens with zero attached hydrogens (tertiary/aromatic N) is 4. The number of amides is 1. The standard InChI is InChI=1S/C21H19ClF2N6O3/c1-29(11-2-3-13(31)7-11)20-18(23)17(22)16(14-9-25-27-19(14)20)10-4-5-30-12(6-10)8-15(28-30)26-21(32)33-24/h4-6,8-9,11,13,31H,2-3,7H2,1H3,(H,25,27)(H,26,28,32). The van der Waals surface area contributed by atoms with Crippen LogP contribution in [0.1, 0.15) is 19.3 Å². The summed E-state index contributed by atoms with van der Waals surface area (Å²) in [5, 5.41) is 23.7. The van der Waals surface area contributed by atoms with Gasteiger partial charge in [0, 0.05) is 40.8 Å². The number of carbonyl (C=O) groups is 1. The summed E-state index contributed by atoms with van der Waals surface area (Å²) in [6.07, 6.45) is 3.46. The maximum Gasteiger partial charge on any atom is 0.450 e. The number of fused-ring (bicyclic) bond motifs is 2. The Labute approximate surface area is 190 Å². The van der Waals surface area contributed by atoms with E-state index in [1.165, 1.54) is 10.6 Å². The highest BCUT2D eigenvalue weighted by Gasteiger charge is 2.31. The van der Waals surface area contributed by atoms with Crippen molar-refractivity contribution in [2.75, 3.05) is 17.3 Å². The Morgan fingerprint density at radius 1 is 1.42 bits per heavy atom. The number of hydrogen-bond acceptors (Lipinski definition) is 6. The number of benzene rings is 1. The molecule has 33 heavy (non-hydrogen) atoms. The number of aliphatic hydroxyl groups is 1. The van der Waals surface area contributed by atoms with Gasteiger partial charge in [-0.05, 0) is 37.0 Å². The van der Waals surface area contributed by atoms with Crippen LogP contribution in [0.3, 0.4) is 0 Å². The minimum Gasteiger partial charge on any atom is -0.393 e. The second kappa shape index (κ2) is 8.16. The van der Waals surface area contributed by atoms with Crippen LogP contribution in [0.5, 0.6) is 0 Å². The molecule has 1 fully saturated rings. The van der Waals surface area contributed by atoms with E-state index in [-0.39, 0.29) is 16.9 Å².